The van der Waals surface area contributed by atoms with Crippen LogP contribution in [-0.4, -0.2) is 10.4 Å². The lowest BCUT2D eigenvalue weighted by atomic mass is 9.75. The molecule has 0 atom stereocenters. The number of pyridine rings is 1. The summed E-state index contributed by atoms with van der Waals surface area (Å²) in [5, 5.41) is 9.23. The Bertz CT molecular complexity index is 965. The lowest BCUT2D eigenvalue weighted by Crippen LogP contribution is -2.35. The maximum Gasteiger partial charge on any atom is 0.273 e. The zero-order chi connectivity index (χ0) is 17.6. The number of benzene rings is 1. The summed E-state index contributed by atoms with van der Waals surface area (Å²) < 4.78 is 15.3. The SMILES string of the molecule is Cc1ccc(-n2c3c(cc(C#N)c2=O)C(=O)CC(C)(C)C3)cc1F. The molecule has 0 bridgehead atoms. The standard InChI is InChI=1S/C19H17FN2O2/c1-11-4-5-13(7-15(11)20)22-16-8-19(2,3)9-17(23)14(16)6-12(10-21)18(22)24/h4-7H,8-9H2,1-3H3. The summed E-state index contributed by atoms with van der Waals surface area (Å²) in [6.45, 7) is 5.54. The fourth-order valence-electron chi connectivity index (χ4n) is 3.19. The van der Waals surface area contributed by atoms with E-state index in [9.17, 15) is 19.2 Å². The minimum Gasteiger partial charge on any atom is -0.294 e. The van der Waals surface area contributed by atoms with E-state index in [0.29, 0.717) is 35.3 Å². The van der Waals surface area contributed by atoms with Crippen LogP contribution in [0.25, 0.3) is 5.69 Å². The number of carbonyl (C=O) groups is 1. The Kier molecular flexibility index (Phi) is 3.64. The molecule has 1 aromatic heterocycles. The molecule has 122 valence electrons. The quantitative estimate of drug-likeness (QED) is 0.808. The van der Waals surface area contributed by atoms with Crippen LogP contribution in [0.3, 0.4) is 0 Å². The molecule has 0 spiro atoms. The predicted molar refractivity (Wildman–Crippen MR) is 87.9 cm³/mol. The number of halogens is 1. The molecule has 1 heterocycles. The van der Waals surface area contributed by atoms with E-state index < -0.39 is 11.4 Å². The second kappa shape index (κ2) is 5.41. The number of aromatic nitrogens is 1. The topological polar surface area (TPSA) is 62.9 Å². The third kappa shape index (κ3) is 2.54. The third-order valence-electron chi connectivity index (χ3n) is 4.42. The molecule has 3 rings (SSSR count). The Balaban J connectivity index is 2.38. The van der Waals surface area contributed by atoms with Gasteiger partial charge in [-0.1, -0.05) is 19.9 Å². The van der Waals surface area contributed by atoms with Gasteiger partial charge in [0, 0.05) is 17.7 Å². The molecule has 24 heavy (non-hydrogen) atoms. The summed E-state index contributed by atoms with van der Waals surface area (Å²) in [4.78, 5) is 25.2. The van der Waals surface area contributed by atoms with E-state index in [1.165, 1.54) is 16.7 Å². The summed E-state index contributed by atoms with van der Waals surface area (Å²) in [6, 6.07) is 7.70. The maximum absolute atomic E-state index is 14.0. The van der Waals surface area contributed by atoms with Gasteiger partial charge in [-0.15, -0.1) is 0 Å². The summed E-state index contributed by atoms with van der Waals surface area (Å²) >= 11 is 0. The van der Waals surface area contributed by atoms with E-state index in [2.05, 4.69) is 0 Å². The van der Waals surface area contributed by atoms with Crippen LogP contribution in [0.5, 0.6) is 0 Å². The van der Waals surface area contributed by atoms with Crippen molar-refractivity contribution in [3.8, 4) is 11.8 Å². The number of hydrogen-bond acceptors (Lipinski definition) is 3. The van der Waals surface area contributed by atoms with Crippen molar-refractivity contribution in [2.45, 2.75) is 33.6 Å². The zero-order valence-electron chi connectivity index (χ0n) is 13.8. The molecule has 0 radical (unpaired) electrons. The average molecular weight is 324 g/mol. The average Bonchev–Trinajstić information content (AvgIpc) is 2.49. The molecular formula is C19H17FN2O2. The highest BCUT2D eigenvalue weighted by Gasteiger charge is 2.34. The Hall–Kier alpha value is -2.74. The van der Waals surface area contributed by atoms with Crippen molar-refractivity contribution >= 4 is 5.78 Å². The van der Waals surface area contributed by atoms with Gasteiger partial charge in [-0.3, -0.25) is 14.2 Å². The molecule has 0 saturated heterocycles. The maximum atomic E-state index is 14.0. The molecule has 2 aromatic rings. The molecule has 0 fully saturated rings. The van der Waals surface area contributed by atoms with E-state index in [4.69, 9.17) is 0 Å². The van der Waals surface area contributed by atoms with E-state index in [1.54, 1.807) is 19.1 Å². The van der Waals surface area contributed by atoms with Gasteiger partial charge < -0.3 is 0 Å². The molecule has 5 heteroatoms. The number of hydrogen-bond donors (Lipinski definition) is 0. The fraction of sp³-hybridized carbons (Fsp3) is 0.316. The molecular weight excluding hydrogens is 307 g/mol. The van der Waals surface area contributed by atoms with Gasteiger partial charge in [0.2, 0.25) is 0 Å². The predicted octanol–water partition coefficient (Wildman–Crippen LogP) is 3.31. The number of nitriles is 1. The van der Waals surface area contributed by atoms with Crippen molar-refractivity contribution in [1.82, 2.24) is 4.57 Å². The molecule has 0 saturated carbocycles. The summed E-state index contributed by atoms with van der Waals surface area (Å²) in [5.74, 6) is -0.531. The van der Waals surface area contributed by atoms with Gasteiger partial charge in [-0.2, -0.15) is 5.26 Å². The van der Waals surface area contributed by atoms with E-state index in [1.807, 2.05) is 19.9 Å². The van der Waals surface area contributed by atoms with Gasteiger partial charge in [0.1, 0.15) is 17.4 Å². The first-order valence-corrected chi connectivity index (χ1v) is 7.72. The minimum absolute atomic E-state index is 0.0981. The van der Waals surface area contributed by atoms with Crippen molar-refractivity contribution < 1.29 is 9.18 Å². The number of nitrogens with zero attached hydrogens (tertiary/aromatic N) is 2. The number of Topliss-reactive ketones (excluding diaryl/α,β-unsaturated/α-hetero) is 1. The molecule has 4 nitrogen and oxygen atoms in total. The number of aryl methyl sites for hydroxylation is 1. The van der Waals surface area contributed by atoms with Crippen LogP contribution in [0, 0.1) is 29.5 Å². The Morgan fingerprint density at radius 3 is 2.54 bits per heavy atom. The number of ketones is 1. The monoisotopic (exact) mass is 324 g/mol. The second-order valence-electron chi connectivity index (χ2n) is 7.05. The normalized spacial score (nSPS) is 15.7. The first kappa shape index (κ1) is 16.1. The Labute approximate surface area is 139 Å². The number of fused-ring (bicyclic) bond motifs is 1. The van der Waals surface area contributed by atoms with E-state index in [0.717, 1.165) is 0 Å². The van der Waals surface area contributed by atoms with E-state index in [-0.39, 0.29) is 16.8 Å². The van der Waals surface area contributed by atoms with Crippen LogP contribution in [0.4, 0.5) is 4.39 Å². The fourth-order valence-corrected chi connectivity index (χ4v) is 3.19. The van der Waals surface area contributed by atoms with Crippen molar-refractivity contribution in [1.29, 1.82) is 5.26 Å². The number of carbonyl (C=O) groups excluding carboxylic acids is 1. The second-order valence-corrected chi connectivity index (χ2v) is 7.05. The highest BCUT2D eigenvalue weighted by molar-refractivity contribution is 5.99. The van der Waals surface area contributed by atoms with Crippen LogP contribution >= 0.6 is 0 Å². The van der Waals surface area contributed by atoms with Gasteiger partial charge in [0.15, 0.2) is 5.78 Å². The zero-order valence-corrected chi connectivity index (χ0v) is 13.8. The smallest absolute Gasteiger partial charge is 0.273 e. The van der Waals surface area contributed by atoms with Crippen molar-refractivity contribution in [3.05, 3.63) is 62.8 Å². The van der Waals surface area contributed by atoms with Gasteiger partial charge in [-0.25, -0.2) is 4.39 Å². The largest absolute Gasteiger partial charge is 0.294 e. The summed E-state index contributed by atoms with van der Waals surface area (Å²) in [6.07, 6.45) is 0.857. The van der Waals surface area contributed by atoms with Gasteiger partial charge in [-0.05, 0) is 42.5 Å². The van der Waals surface area contributed by atoms with Crippen LogP contribution in [0.1, 0.15) is 47.4 Å². The first-order chi connectivity index (χ1) is 11.2. The molecule has 0 N–H and O–H groups in total. The lowest BCUT2D eigenvalue weighted by molar-refractivity contribution is 0.0909. The Morgan fingerprint density at radius 2 is 1.92 bits per heavy atom. The highest BCUT2D eigenvalue weighted by Crippen LogP contribution is 2.35. The Morgan fingerprint density at radius 1 is 1.21 bits per heavy atom. The first-order valence-electron chi connectivity index (χ1n) is 7.72. The summed E-state index contributed by atoms with van der Waals surface area (Å²) in [7, 11) is 0. The van der Waals surface area contributed by atoms with Crippen LogP contribution in [-0.2, 0) is 6.42 Å². The van der Waals surface area contributed by atoms with Crippen LogP contribution in [0.2, 0.25) is 0 Å². The van der Waals surface area contributed by atoms with Crippen molar-refractivity contribution in [2.24, 2.45) is 5.41 Å². The molecule has 1 aliphatic rings. The molecule has 1 aromatic carbocycles. The highest BCUT2D eigenvalue weighted by atomic mass is 19.1. The third-order valence-corrected chi connectivity index (χ3v) is 4.42. The lowest BCUT2D eigenvalue weighted by Gasteiger charge is -2.32. The van der Waals surface area contributed by atoms with Gasteiger partial charge in [0.25, 0.3) is 5.56 Å². The van der Waals surface area contributed by atoms with Gasteiger partial charge in [0.05, 0.1) is 5.69 Å². The van der Waals surface area contributed by atoms with Crippen molar-refractivity contribution in [3.63, 3.8) is 0 Å². The minimum atomic E-state index is -0.523. The molecule has 0 aliphatic heterocycles. The van der Waals surface area contributed by atoms with Gasteiger partial charge >= 0.3 is 0 Å². The van der Waals surface area contributed by atoms with Crippen molar-refractivity contribution in [2.75, 3.05) is 0 Å². The number of rotatable bonds is 1. The van der Waals surface area contributed by atoms with Crippen LogP contribution < -0.4 is 5.56 Å². The van der Waals surface area contributed by atoms with E-state index >= 15 is 0 Å². The molecule has 0 amide bonds. The van der Waals surface area contributed by atoms with Crippen LogP contribution in [0.15, 0.2) is 29.1 Å². The molecule has 1 aliphatic carbocycles. The summed E-state index contributed by atoms with van der Waals surface area (Å²) in [5.41, 5.74) is 0.800. The molecule has 0 unspecified atom stereocenters.